The lowest BCUT2D eigenvalue weighted by Crippen LogP contribution is -2.49. The first-order valence-corrected chi connectivity index (χ1v) is 9.93. The normalized spacial score (nSPS) is 14.1. The van der Waals surface area contributed by atoms with Crippen LogP contribution in [-0.4, -0.2) is 57.2 Å². The van der Waals surface area contributed by atoms with E-state index in [1.54, 1.807) is 33.8 Å². The number of benzene rings is 2. The fourth-order valence-corrected chi connectivity index (χ4v) is 3.60. The Hall–Kier alpha value is -4.01. The smallest absolute Gasteiger partial charge is 0.289 e. The average Bonchev–Trinajstić information content (AvgIpc) is 3.50. The predicted octanol–water partition coefficient (Wildman–Crippen LogP) is 3.02. The molecule has 2 aromatic heterocycles. The summed E-state index contributed by atoms with van der Waals surface area (Å²) in [4.78, 5) is 16.7. The van der Waals surface area contributed by atoms with E-state index in [1.807, 2.05) is 30.3 Å². The van der Waals surface area contributed by atoms with Crippen LogP contribution in [0.15, 0.2) is 71.1 Å². The molecule has 0 saturated carbocycles. The lowest BCUT2D eigenvalue weighted by atomic mass is 10.2. The minimum absolute atomic E-state index is 0.171. The first kappa shape index (κ1) is 19.0. The van der Waals surface area contributed by atoms with Gasteiger partial charge in [0, 0.05) is 31.7 Å². The molecule has 0 atom stereocenters. The number of furan rings is 1. The SMILES string of the molecule is O=C(c1ccc(-c2ccc(F)cc2)o1)N1CCN(c2nnnn2-c2ccccc2)CC1. The summed E-state index contributed by atoms with van der Waals surface area (Å²) >= 11 is 0. The van der Waals surface area contributed by atoms with Crippen molar-refractivity contribution in [2.24, 2.45) is 0 Å². The molecule has 0 N–H and O–H groups in total. The zero-order chi connectivity index (χ0) is 21.2. The summed E-state index contributed by atoms with van der Waals surface area (Å²) in [5, 5.41) is 12.1. The van der Waals surface area contributed by atoms with Gasteiger partial charge >= 0.3 is 0 Å². The maximum Gasteiger partial charge on any atom is 0.289 e. The van der Waals surface area contributed by atoms with Crippen molar-refractivity contribution in [2.75, 3.05) is 31.1 Å². The van der Waals surface area contributed by atoms with Crippen LogP contribution in [0.5, 0.6) is 0 Å². The highest BCUT2D eigenvalue weighted by molar-refractivity contribution is 5.92. The van der Waals surface area contributed by atoms with E-state index in [0.29, 0.717) is 37.9 Å². The lowest BCUT2D eigenvalue weighted by Gasteiger charge is -2.34. The van der Waals surface area contributed by atoms with Crippen molar-refractivity contribution in [3.63, 3.8) is 0 Å². The number of amides is 1. The zero-order valence-electron chi connectivity index (χ0n) is 16.6. The lowest BCUT2D eigenvalue weighted by molar-refractivity contribution is 0.0715. The number of hydrogen-bond donors (Lipinski definition) is 0. The number of tetrazole rings is 1. The van der Waals surface area contributed by atoms with Crippen molar-refractivity contribution in [3.05, 3.63) is 78.3 Å². The Labute approximate surface area is 177 Å². The molecule has 0 spiro atoms. The monoisotopic (exact) mass is 418 g/mol. The fraction of sp³-hybridized carbons (Fsp3) is 0.182. The zero-order valence-corrected chi connectivity index (χ0v) is 16.6. The second kappa shape index (κ2) is 8.02. The van der Waals surface area contributed by atoms with Gasteiger partial charge in [-0.3, -0.25) is 4.79 Å². The van der Waals surface area contributed by atoms with Gasteiger partial charge in [0.25, 0.3) is 5.91 Å². The van der Waals surface area contributed by atoms with Crippen LogP contribution < -0.4 is 4.90 Å². The highest BCUT2D eigenvalue weighted by Crippen LogP contribution is 2.24. The number of hydrogen-bond acceptors (Lipinski definition) is 6. The maximum absolute atomic E-state index is 13.1. The van der Waals surface area contributed by atoms with E-state index in [4.69, 9.17) is 4.42 Å². The van der Waals surface area contributed by atoms with Gasteiger partial charge in [0.2, 0.25) is 5.95 Å². The summed E-state index contributed by atoms with van der Waals surface area (Å²) in [6, 6.07) is 19.0. The van der Waals surface area contributed by atoms with Gasteiger partial charge in [-0.2, -0.15) is 4.68 Å². The summed E-state index contributed by atoms with van der Waals surface area (Å²) in [6.07, 6.45) is 0. The van der Waals surface area contributed by atoms with Crippen LogP contribution in [0.3, 0.4) is 0 Å². The Kier molecular flexibility index (Phi) is 4.91. The van der Waals surface area contributed by atoms with Gasteiger partial charge in [-0.25, -0.2) is 4.39 Å². The molecule has 1 amide bonds. The molecule has 1 fully saturated rings. The molecule has 4 aromatic rings. The molecular weight excluding hydrogens is 399 g/mol. The van der Waals surface area contributed by atoms with E-state index in [0.717, 1.165) is 11.3 Å². The molecule has 8 nitrogen and oxygen atoms in total. The molecule has 2 aromatic carbocycles. The maximum atomic E-state index is 13.1. The van der Waals surface area contributed by atoms with Gasteiger partial charge < -0.3 is 14.2 Å². The summed E-state index contributed by atoms with van der Waals surface area (Å²) in [6.45, 7) is 2.25. The number of para-hydroxylation sites is 1. The predicted molar refractivity (Wildman–Crippen MR) is 111 cm³/mol. The summed E-state index contributed by atoms with van der Waals surface area (Å²) < 4.78 is 20.6. The summed E-state index contributed by atoms with van der Waals surface area (Å²) in [7, 11) is 0. The molecule has 5 rings (SSSR count). The van der Waals surface area contributed by atoms with Gasteiger partial charge in [-0.15, -0.1) is 0 Å². The number of halogens is 1. The van der Waals surface area contributed by atoms with Crippen LogP contribution in [0.1, 0.15) is 10.6 Å². The van der Waals surface area contributed by atoms with Gasteiger partial charge in [0.15, 0.2) is 5.76 Å². The van der Waals surface area contributed by atoms with Crippen LogP contribution in [0.4, 0.5) is 10.3 Å². The molecule has 156 valence electrons. The molecule has 1 saturated heterocycles. The molecule has 0 aliphatic carbocycles. The number of carbonyl (C=O) groups excluding carboxylic acids is 1. The first-order chi connectivity index (χ1) is 15.2. The molecular formula is C22H19FN6O2. The Morgan fingerprint density at radius 3 is 2.39 bits per heavy atom. The fourth-order valence-electron chi connectivity index (χ4n) is 3.60. The van der Waals surface area contributed by atoms with Gasteiger partial charge in [0.1, 0.15) is 11.6 Å². The topological polar surface area (TPSA) is 80.3 Å². The van der Waals surface area contributed by atoms with Crippen molar-refractivity contribution in [1.29, 1.82) is 0 Å². The van der Waals surface area contributed by atoms with Crippen molar-refractivity contribution in [1.82, 2.24) is 25.1 Å². The summed E-state index contributed by atoms with van der Waals surface area (Å²) in [5.74, 6) is 0.958. The molecule has 0 unspecified atom stereocenters. The van der Waals surface area contributed by atoms with Gasteiger partial charge in [-0.05, 0) is 59.0 Å². The molecule has 9 heteroatoms. The second-order valence-electron chi connectivity index (χ2n) is 7.18. The van der Waals surface area contributed by atoms with E-state index >= 15 is 0 Å². The summed E-state index contributed by atoms with van der Waals surface area (Å²) in [5.41, 5.74) is 1.60. The van der Waals surface area contributed by atoms with Crippen LogP contribution in [-0.2, 0) is 0 Å². The van der Waals surface area contributed by atoms with Crippen molar-refractivity contribution >= 4 is 11.9 Å². The van der Waals surface area contributed by atoms with Crippen LogP contribution in [0.2, 0.25) is 0 Å². The highest BCUT2D eigenvalue weighted by atomic mass is 19.1. The third-order valence-corrected chi connectivity index (χ3v) is 5.25. The van der Waals surface area contributed by atoms with E-state index < -0.39 is 0 Å². The molecule has 0 radical (unpaired) electrons. The van der Waals surface area contributed by atoms with Crippen LogP contribution in [0.25, 0.3) is 17.0 Å². The number of rotatable bonds is 4. The number of piperazine rings is 1. The molecule has 1 aliphatic rings. The number of nitrogens with zero attached hydrogens (tertiary/aromatic N) is 6. The van der Waals surface area contributed by atoms with E-state index in [2.05, 4.69) is 20.4 Å². The third kappa shape index (κ3) is 3.77. The number of carbonyl (C=O) groups is 1. The largest absolute Gasteiger partial charge is 0.451 e. The van der Waals surface area contributed by atoms with Crippen LogP contribution in [0, 0.1) is 5.82 Å². The first-order valence-electron chi connectivity index (χ1n) is 9.93. The van der Waals surface area contributed by atoms with Crippen LogP contribution >= 0.6 is 0 Å². The third-order valence-electron chi connectivity index (χ3n) is 5.25. The van der Waals surface area contributed by atoms with Crippen molar-refractivity contribution in [2.45, 2.75) is 0 Å². The Morgan fingerprint density at radius 2 is 1.65 bits per heavy atom. The molecule has 1 aliphatic heterocycles. The number of aromatic nitrogens is 4. The Balaban J connectivity index is 1.26. The molecule has 31 heavy (non-hydrogen) atoms. The standard InChI is InChI=1S/C22H19FN6O2/c23-17-8-6-16(7-9-17)19-10-11-20(31-19)21(30)27-12-14-28(15-13-27)22-24-25-26-29(22)18-4-2-1-3-5-18/h1-11H,12-15H2. The average molecular weight is 418 g/mol. The second-order valence-corrected chi connectivity index (χ2v) is 7.18. The minimum Gasteiger partial charge on any atom is -0.451 e. The number of anilines is 1. The van der Waals surface area contributed by atoms with Gasteiger partial charge in [0.05, 0.1) is 5.69 Å². The Bertz CT molecular complexity index is 1180. The quantitative estimate of drug-likeness (QED) is 0.507. The van der Waals surface area contributed by atoms with Gasteiger partial charge in [-0.1, -0.05) is 23.3 Å². The highest BCUT2D eigenvalue weighted by Gasteiger charge is 2.27. The van der Waals surface area contributed by atoms with E-state index in [1.165, 1.54) is 12.1 Å². The van der Waals surface area contributed by atoms with E-state index in [9.17, 15) is 9.18 Å². The minimum atomic E-state index is -0.317. The van der Waals surface area contributed by atoms with Crippen molar-refractivity contribution < 1.29 is 13.6 Å². The van der Waals surface area contributed by atoms with E-state index in [-0.39, 0.29) is 17.5 Å². The Morgan fingerprint density at radius 1 is 0.903 bits per heavy atom. The molecule has 0 bridgehead atoms. The molecule has 3 heterocycles. The van der Waals surface area contributed by atoms with Crippen molar-refractivity contribution in [3.8, 4) is 17.0 Å².